The van der Waals surface area contributed by atoms with Gasteiger partial charge in [-0.3, -0.25) is 14.4 Å². The van der Waals surface area contributed by atoms with E-state index >= 15 is 0 Å². The van der Waals surface area contributed by atoms with Crippen LogP contribution in [0.3, 0.4) is 0 Å². The van der Waals surface area contributed by atoms with Crippen molar-refractivity contribution >= 4 is 17.7 Å². The standard InChI is InChI=1S/C23H36O7/c1-4-17(25)11-12-18(26)13-14-20-19(21(27)15-22(20)30-16(2)24)9-7-5-6-8-10-23(28)29-3/h5,7,13-14,18-22,26-27H,4,6,8-12,15H2,1-3H3/b7-5-,14-13+/t18-,19+,20+,21-,22+/m0/s1. The van der Waals surface area contributed by atoms with Crippen LogP contribution in [0.4, 0.5) is 0 Å². The first kappa shape index (κ1) is 26.0. The minimum Gasteiger partial charge on any atom is -0.469 e. The highest BCUT2D eigenvalue weighted by molar-refractivity contribution is 5.78. The molecule has 170 valence electrons. The second-order valence-electron chi connectivity index (χ2n) is 7.75. The van der Waals surface area contributed by atoms with Gasteiger partial charge in [-0.05, 0) is 31.6 Å². The van der Waals surface area contributed by atoms with Crippen LogP contribution in [0.1, 0.15) is 65.2 Å². The molecule has 7 heteroatoms. The third kappa shape index (κ3) is 9.67. The number of hydrogen-bond donors (Lipinski definition) is 2. The first-order chi connectivity index (χ1) is 14.3. The van der Waals surface area contributed by atoms with Crippen LogP contribution in [0, 0.1) is 11.8 Å². The van der Waals surface area contributed by atoms with Gasteiger partial charge in [0.2, 0.25) is 0 Å². The number of carbonyl (C=O) groups excluding carboxylic acids is 3. The van der Waals surface area contributed by atoms with Crippen LogP contribution in [-0.2, 0) is 23.9 Å². The summed E-state index contributed by atoms with van der Waals surface area (Å²) in [5.41, 5.74) is 0. The number of methoxy groups -OCH3 is 1. The summed E-state index contributed by atoms with van der Waals surface area (Å²) in [6.07, 6.45) is 9.41. The van der Waals surface area contributed by atoms with Gasteiger partial charge in [0.25, 0.3) is 0 Å². The number of allylic oxidation sites excluding steroid dienone is 2. The molecule has 0 bridgehead atoms. The Bertz CT molecular complexity index is 611. The summed E-state index contributed by atoms with van der Waals surface area (Å²) < 4.78 is 10.0. The van der Waals surface area contributed by atoms with Gasteiger partial charge in [0.05, 0.1) is 19.3 Å². The first-order valence-corrected chi connectivity index (χ1v) is 10.7. The van der Waals surface area contributed by atoms with E-state index in [9.17, 15) is 24.6 Å². The maximum atomic E-state index is 11.5. The average molecular weight is 425 g/mol. The Morgan fingerprint density at radius 3 is 2.57 bits per heavy atom. The fraction of sp³-hybridized carbons (Fsp3) is 0.696. The molecule has 5 atom stereocenters. The van der Waals surface area contributed by atoms with Crippen LogP contribution in [-0.4, -0.2) is 53.4 Å². The fourth-order valence-electron chi connectivity index (χ4n) is 3.70. The summed E-state index contributed by atoms with van der Waals surface area (Å²) in [5.74, 6) is -0.902. The lowest BCUT2D eigenvalue weighted by Crippen LogP contribution is -2.24. The van der Waals surface area contributed by atoms with Gasteiger partial charge >= 0.3 is 11.9 Å². The number of aliphatic hydroxyl groups is 2. The Kier molecular flexibility index (Phi) is 12.2. The topological polar surface area (TPSA) is 110 Å². The average Bonchev–Trinajstić information content (AvgIpc) is 2.99. The number of carbonyl (C=O) groups is 3. The van der Waals surface area contributed by atoms with Gasteiger partial charge in [0.1, 0.15) is 11.9 Å². The molecule has 0 spiro atoms. The number of unbranched alkanes of at least 4 members (excludes halogenated alkanes) is 1. The van der Waals surface area contributed by atoms with Crippen LogP contribution < -0.4 is 0 Å². The summed E-state index contributed by atoms with van der Waals surface area (Å²) in [6.45, 7) is 3.13. The molecule has 0 unspecified atom stereocenters. The van der Waals surface area contributed by atoms with Crippen molar-refractivity contribution in [2.75, 3.05) is 7.11 Å². The van der Waals surface area contributed by atoms with Crippen LogP contribution in [0.15, 0.2) is 24.3 Å². The number of ether oxygens (including phenoxy) is 2. The van der Waals surface area contributed by atoms with Gasteiger partial charge in [0.15, 0.2) is 0 Å². The SMILES string of the molecule is CCC(=O)CC[C@H](O)/C=C/[C@@H]1[C@@H](C/C=C\CCCC(=O)OC)[C@@H](O)C[C@H]1OC(C)=O. The molecule has 0 aromatic rings. The number of esters is 2. The molecular weight excluding hydrogens is 388 g/mol. The van der Waals surface area contributed by atoms with Crippen LogP contribution >= 0.6 is 0 Å². The molecule has 0 aliphatic heterocycles. The first-order valence-electron chi connectivity index (χ1n) is 10.7. The van der Waals surface area contributed by atoms with Gasteiger partial charge in [-0.15, -0.1) is 0 Å². The molecule has 1 rings (SSSR count). The van der Waals surface area contributed by atoms with E-state index < -0.39 is 24.3 Å². The highest BCUT2D eigenvalue weighted by Gasteiger charge is 2.42. The molecular formula is C23H36O7. The van der Waals surface area contributed by atoms with E-state index in [2.05, 4.69) is 4.74 Å². The molecule has 0 amide bonds. The molecule has 0 radical (unpaired) electrons. The highest BCUT2D eigenvalue weighted by Crippen LogP contribution is 2.38. The number of aliphatic hydroxyl groups excluding tert-OH is 2. The quantitative estimate of drug-likeness (QED) is 0.266. The Morgan fingerprint density at radius 1 is 1.20 bits per heavy atom. The van der Waals surface area contributed by atoms with Gasteiger partial charge in [-0.1, -0.05) is 31.2 Å². The normalized spacial score (nSPS) is 25.0. The number of rotatable bonds is 13. The van der Waals surface area contributed by atoms with Gasteiger partial charge < -0.3 is 19.7 Å². The number of Topliss-reactive ketones (excluding diaryl/α,β-unsaturated/α-hetero) is 1. The van der Waals surface area contributed by atoms with Gasteiger partial charge in [-0.2, -0.15) is 0 Å². The Hall–Kier alpha value is -1.99. The van der Waals surface area contributed by atoms with E-state index in [4.69, 9.17) is 4.74 Å². The lowest BCUT2D eigenvalue weighted by atomic mass is 9.89. The summed E-state index contributed by atoms with van der Waals surface area (Å²) in [7, 11) is 1.37. The van der Waals surface area contributed by atoms with Gasteiger partial charge in [0, 0.05) is 38.5 Å². The molecule has 1 saturated carbocycles. The zero-order valence-electron chi connectivity index (χ0n) is 18.3. The van der Waals surface area contributed by atoms with Crippen molar-refractivity contribution in [1.82, 2.24) is 0 Å². The summed E-state index contributed by atoms with van der Waals surface area (Å²) in [5, 5.41) is 20.6. The maximum Gasteiger partial charge on any atom is 0.305 e. The molecule has 2 N–H and O–H groups in total. The van der Waals surface area contributed by atoms with Crippen LogP contribution in [0.5, 0.6) is 0 Å². The fourth-order valence-corrected chi connectivity index (χ4v) is 3.70. The van der Waals surface area contributed by atoms with Crippen molar-refractivity contribution < 1.29 is 34.1 Å². The van der Waals surface area contributed by atoms with Crippen LogP contribution in [0.25, 0.3) is 0 Å². The maximum absolute atomic E-state index is 11.5. The number of ketones is 1. The molecule has 0 aromatic heterocycles. The lowest BCUT2D eigenvalue weighted by Gasteiger charge is -2.22. The molecule has 0 heterocycles. The van der Waals surface area contributed by atoms with E-state index in [0.29, 0.717) is 44.9 Å². The minimum atomic E-state index is -0.759. The highest BCUT2D eigenvalue weighted by atomic mass is 16.5. The Labute approximate surface area is 179 Å². The second-order valence-corrected chi connectivity index (χ2v) is 7.75. The van der Waals surface area contributed by atoms with Crippen molar-refractivity contribution in [2.45, 2.75) is 83.5 Å². The molecule has 7 nitrogen and oxygen atoms in total. The molecule has 1 aliphatic rings. The minimum absolute atomic E-state index is 0.103. The second kappa shape index (κ2) is 14.1. The summed E-state index contributed by atoms with van der Waals surface area (Å²) in [4.78, 5) is 34.0. The zero-order chi connectivity index (χ0) is 22.5. The summed E-state index contributed by atoms with van der Waals surface area (Å²) >= 11 is 0. The molecule has 0 saturated heterocycles. The van der Waals surface area contributed by atoms with Crippen molar-refractivity contribution in [3.63, 3.8) is 0 Å². The Balaban J connectivity index is 2.69. The van der Waals surface area contributed by atoms with Crippen molar-refractivity contribution in [3.05, 3.63) is 24.3 Å². The lowest BCUT2D eigenvalue weighted by molar-refractivity contribution is -0.147. The van der Waals surface area contributed by atoms with E-state index in [-0.39, 0.29) is 23.6 Å². The van der Waals surface area contributed by atoms with Crippen molar-refractivity contribution in [1.29, 1.82) is 0 Å². The molecule has 1 aliphatic carbocycles. The molecule has 0 aromatic carbocycles. The predicted molar refractivity (Wildman–Crippen MR) is 112 cm³/mol. The molecule has 30 heavy (non-hydrogen) atoms. The zero-order valence-corrected chi connectivity index (χ0v) is 18.3. The van der Waals surface area contributed by atoms with Crippen molar-refractivity contribution in [2.24, 2.45) is 11.8 Å². The predicted octanol–water partition coefficient (Wildman–Crippen LogP) is 2.88. The van der Waals surface area contributed by atoms with E-state index in [0.717, 1.165) is 6.42 Å². The van der Waals surface area contributed by atoms with Crippen molar-refractivity contribution in [3.8, 4) is 0 Å². The van der Waals surface area contributed by atoms with E-state index in [1.807, 2.05) is 12.2 Å². The van der Waals surface area contributed by atoms with Crippen LogP contribution in [0.2, 0.25) is 0 Å². The third-order valence-corrected chi connectivity index (χ3v) is 5.43. The molecule has 1 fully saturated rings. The van der Waals surface area contributed by atoms with Gasteiger partial charge in [-0.25, -0.2) is 0 Å². The monoisotopic (exact) mass is 424 g/mol. The Morgan fingerprint density at radius 2 is 1.93 bits per heavy atom. The van der Waals surface area contributed by atoms with E-state index in [1.165, 1.54) is 14.0 Å². The largest absolute Gasteiger partial charge is 0.469 e. The summed E-state index contributed by atoms with van der Waals surface area (Å²) in [6, 6.07) is 0. The van der Waals surface area contributed by atoms with E-state index in [1.54, 1.807) is 19.1 Å². The number of hydrogen-bond acceptors (Lipinski definition) is 7. The third-order valence-electron chi connectivity index (χ3n) is 5.43. The smallest absolute Gasteiger partial charge is 0.305 e.